The molecule has 0 aromatic heterocycles. The molecule has 0 aliphatic heterocycles. The zero-order valence-electron chi connectivity index (χ0n) is 15.2. The van der Waals surface area contributed by atoms with Crippen LogP contribution in [0, 0.1) is 12.3 Å². The van der Waals surface area contributed by atoms with Gasteiger partial charge >= 0.3 is 0 Å². The Labute approximate surface area is 152 Å². The normalized spacial score (nSPS) is 10.2. The van der Waals surface area contributed by atoms with Crippen molar-refractivity contribution in [2.75, 3.05) is 13.2 Å². The molecule has 25 heavy (non-hydrogen) atoms. The van der Waals surface area contributed by atoms with E-state index in [1.54, 1.807) is 0 Å². The van der Waals surface area contributed by atoms with Crippen LogP contribution in [-0.4, -0.2) is 13.2 Å². The van der Waals surface area contributed by atoms with Crippen molar-refractivity contribution >= 4 is 0 Å². The second-order valence-corrected chi connectivity index (χ2v) is 6.16. The summed E-state index contributed by atoms with van der Waals surface area (Å²) < 4.78 is 11.2. The Balaban J connectivity index is 1.76. The van der Waals surface area contributed by atoms with Crippen LogP contribution in [0.3, 0.4) is 0 Å². The topological polar surface area (TPSA) is 18.5 Å². The summed E-state index contributed by atoms with van der Waals surface area (Å²) >= 11 is 0. The van der Waals surface area contributed by atoms with Crippen LogP contribution in [0.4, 0.5) is 0 Å². The average molecular weight is 336 g/mol. The standard InChI is InChI=1S/C23H28O2/c1-3-5-6-7-8-9-19-25-23-16-12-21(13-17-23)20-10-14-22(15-11-20)24-18-4-2/h2,10-17H,3,5-9,18-19H2,1H3. The quantitative estimate of drug-likeness (QED) is 0.364. The maximum atomic E-state index is 5.83. The summed E-state index contributed by atoms with van der Waals surface area (Å²) in [5.74, 6) is 4.19. The van der Waals surface area contributed by atoms with Gasteiger partial charge in [0, 0.05) is 0 Å². The Bertz CT molecular complexity index is 635. The van der Waals surface area contributed by atoms with Gasteiger partial charge in [0.15, 0.2) is 0 Å². The highest BCUT2D eigenvalue weighted by atomic mass is 16.5. The van der Waals surface area contributed by atoms with Crippen LogP contribution in [0.2, 0.25) is 0 Å². The SMILES string of the molecule is C#CCOc1ccc(-c2ccc(OCCCCCCCC)cc2)cc1. The van der Waals surface area contributed by atoms with Crippen molar-refractivity contribution in [3.8, 4) is 35.0 Å². The van der Waals surface area contributed by atoms with Gasteiger partial charge in [-0.2, -0.15) is 0 Å². The maximum absolute atomic E-state index is 5.83. The molecule has 0 N–H and O–H groups in total. The van der Waals surface area contributed by atoms with Crippen LogP contribution in [-0.2, 0) is 0 Å². The summed E-state index contributed by atoms with van der Waals surface area (Å²) in [6, 6.07) is 16.2. The van der Waals surface area contributed by atoms with Crippen molar-refractivity contribution in [3.05, 3.63) is 48.5 Å². The van der Waals surface area contributed by atoms with E-state index in [1.807, 2.05) is 36.4 Å². The van der Waals surface area contributed by atoms with Crippen LogP contribution in [0.25, 0.3) is 11.1 Å². The fourth-order valence-corrected chi connectivity index (χ4v) is 2.68. The van der Waals surface area contributed by atoms with Gasteiger partial charge in [-0.05, 0) is 41.8 Å². The molecule has 0 saturated carbocycles. The van der Waals surface area contributed by atoms with Gasteiger partial charge in [-0.3, -0.25) is 0 Å². The zero-order chi connectivity index (χ0) is 17.7. The van der Waals surface area contributed by atoms with Gasteiger partial charge in [-0.15, -0.1) is 6.42 Å². The van der Waals surface area contributed by atoms with Crippen molar-refractivity contribution in [3.63, 3.8) is 0 Å². The number of ether oxygens (including phenoxy) is 2. The molecule has 0 unspecified atom stereocenters. The fraction of sp³-hybridized carbons (Fsp3) is 0.391. The van der Waals surface area contributed by atoms with Crippen molar-refractivity contribution in [2.45, 2.75) is 45.4 Å². The van der Waals surface area contributed by atoms with Crippen LogP contribution in [0.15, 0.2) is 48.5 Å². The number of hydrogen-bond acceptors (Lipinski definition) is 2. The van der Waals surface area contributed by atoms with E-state index >= 15 is 0 Å². The summed E-state index contributed by atoms with van der Waals surface area (Å²) in [5, 5.41) is 0. The van der Waals surface area contributed by atoms with Crippen molar-refractivity contribution in [1.29, 1.82) is 0 Å². The molecule has 2 aromatic carbocycles. The first-order chi connectivity index (χ1) is 12.3. The molecule has 2 nitrogen and oxygen atoms in total. The van der Waals surface area contributed by atoms with Gasteiger partial charge in [0.25, 0.3) is 0 Å². The second-order valence-electron chi connectivity index (χ2n) is 6.16. The molecule has 0 aliphatic rings. The Morgan fingerprint density at radius 1 is 0.720 bits per heavy atom. The first kappa shape index (κ1) is 18.9. The highest BCUT2D eigenvalue weighted by Crippen LogP contribution is 2.24. The Kier molecular flexibility index (Phi) is 8.49. The molecule has 0 heterocycles. The molecule has 132 valence electrons. The van der Waals surface area contributed by atoms with E-state index in [9.17, 15) is 0 Å². The molecular weight excluding hydrogens is 308 g/mol. The molecule has 2 rings (SSSR count). The first-order valence-electron chi connectivity index (χ1n) is 9.23. The average Bonchev–Trinajstić information content (AvgIpc) is 2.66. The van der Waals surface area contributed by atoms with Gasteiger partial charge < -0.3 is 9.47 Å². The Morgan fingerprint density at radius 3 is 1.80 bits per heavy atom. The molecule has 0 bridgehead atoms. The summed E-state index contributed by atoms with van der Waals surface area (Å²) in [4.78, 5) is 0. The highest BCUT2D eigenvalue weighted by molar-refractivity contribution is 5.64. The van der Waals surface area contributed by atoms with Gasteiger partial charge in [0.1, 0.15) is 18.1 Å². The van der Waals surface area contributed by atoms with Crippen LogP contribution in [0.1, 0.15) is 45.4 Å². The van der Waals surface area contributed by atoms with E-state index in [-0.39, 0.29) is 0 Å². The molecule has 0 spiro atoms. The fourth-order valence-electron chi connectivity index (χ4n) is 2.68. The third kappa shape index (κ3) is 6.93. The summed E-state index contributed by atoms with van der Waals surface area (Å²) in [6.45, 7) is 3.34. The Morgan fingerprint density at radius 2 is 1.24 bits per heavy atom. The monoisotopic (exact) mass is 336 g/mol. The molecule has 0 fully saturated rings. The third-order valence-electron chi connectivity index (χ3n) is 4.13. The van der Waals surface area contributed by atoms with Crippen molar-refractivity contribution in [1.82, 2.24) is 0 Å². The number of rotatable bonds is 11. The number of terminal acetylenes is 1. The van der Waals surface area contributed by atoms with E-state index in [1.165, 1.54) is 32.1 Å². The number of unbranched alkanes of at least 4 members (excludes halogenated alkanes) is 5. The maximum Gasteiger partial charge on any atom is 0.148 e. The predicted octanol–water partition coefficient (Wildman–Crippen LogP) is 6.10. The van der Waals surface area contributed by atoms with Gasteiger partial charge in [0.2, 0.25) is 0 Å². The minimum atomic E-state index is 0.296. The summed E-state index contributed by atoms with van der Waals surface area (Å²) in [7, 11) is 0. The Hall–Kier alpha value is -2.40. The predicted molar refractivity (Wildman–Crippen MR) is 105 cm³/mol. The van der Waals surface area contributed by atoms with E-state index in [0.717, 1.165) is 35.7 Å². The lowest BCUT2D eigenvalue weighted by atomic mass is 10.1. The first-order valence-corrected chi connectivity index (χ1v) is 9.23. The second kappa shape index (κ2) is 11.2. The van der Waals surface area contributed by atoms with Crippen molar-refractivity contribution < 1.29 is 9.47 Å². The molecule has 2 aromatic rings. The molecule has 0 saturated heterocycles. The largest absolute Gasteiger partial charge is 0.494 e. The minimum Gasteiger partial charge on any atom is -0.494 e. The van der Waals surface area contributed by atoms with Crippen molar-refractivity contribution in [2.24, 2.45) is 0 Å². The van der Waals surface area contributed by atoms with E-state index in [2.05, 4.69) is 25.0 Å². The van der Waals surface area contributed by atoms with E-state index < -0.39 is 0 Å². The smallest absolute Gasteiger partial charge is 0.148 e. The highest BCUT2D eigenvalue weighted by Gasteiger charge is 2.00. The third-order valence-corrected chi connectivity index (χ3v) is 4.13. The molecule has 0 aliphatic carbocycles. The lowest BCUT2D eigenvalue weighted by molar-refractivity contribution is 0.304. The lowest BCUT2D eigenvalue weighted by Crippen LogP contribution is -1.97. The van der Waals surface area contributed by atoms with Crippen LogP contribution in [0.5, 0.6) is 11.5 Å². The van der Waals surface area contributed by atoms with Crippen LogP contribution < -0.4 is 9.47 Å². The zero-order valence-corrected chi connectivity index (χ0v) is 15.2. The lowest BCUT2D eigenvalue weighted by Gasteiger charge is -2.08. The number of hydrogen-bond donors (Lipinski definition) is 0. The van der Waals surface area contributed by atoms with Crippen LogP contribution >= 0.6 is 0 Å². The van der Waals surface area contributed by atoms with Gasteiger partial charge in [-0.1, -0.05) is 69.2 Å². The van der Waals surface area contributed by atoms with Gasteiger partial charge in [-0.25, -0.2) is 0 Å². The molecule has 0 amide bonds. The molecular formula is C23H28O2. The molecule has 2 heteroatoms. The molecule has 0 radical (unpaired) electrons. The summed E-state index contributed by atoms with van der Waals surface area (Å²) in [5.41, 5.74) is 2.31. The number of benzene rings is 2. The summed E-state index contributed by atoms with van der Waals surface area (Å²) in [6.07, 6.45) is 12.9. The molecule has 0 atom stereocenters. The minimum absolute atomic E-state index is 0.296. The van der Waals surface area contributed by atoms with E-state index in [4.69, 9.17) is 15.9 Å². The van der Waals surface area contributed by atoms with Gasteiger partial charge in [0.05, 0.1) is 6.61 Å². The van der Waals surface area contributed by atoms with E-state index in [0.29, 0.717) is 6.61 Å².